The molecule has 0 saturated carbocycles. The molecule has 0 aliphatic rings. The van der Waals surface area contributed by atoms with Gasteiger partial charge in [-0.05, 0) is 30.0 Å². The van der Waals surface area contributed by atoms with Gasteiger partial charge in [0.2, 0.25) is 0 Å². The molecule has 0 aliphatic carbocycles. The molecule has 13 heavy (non-hydrogen) atoms. The summed E-state index contributed by atoms with van der Waals surface area (Å²) >= 11 is 5.22. The van der Waals surface area contributed by atoms with E-state index in [9.17, 15) is 4.79 Å². The number of methoxy groups -OCH3 is 1. The van der Waals surface area contributed by atoms with E-state index in [4.69, 9.17) is 11.8 Å². The van der Waals surface area contributed by atoms with Crippen molar-refractivity contribution < 1.29 is 9.53 Å². The molecule has 2 N–H and O–H groups in total. The number of hydrazine groups is 1. The Balaban J connectivity index is 2.85. The number of benzene rings is 1. The first-order valence-electron chi connectivity index (χ1n) is 3.58. The van der Waals surface area contributed by atoms with E-state index in [1.54, 1.807) is 24.3 Å². The highest BCUT2D eigenvalue weighted by atomic mass is 35.5. The maximum Gasteiger partial charge on any atom is 0.337 e. The lowest BCUT2D eigenvalue weighted by molar-refractivity contribution is 0.0601. The van der Waals surface area contributed by atoms with Crippen molar-refractivity contribution >= 4 is 23.4 Å². The van der Waals surface area contributed by atoms with Crippen molar-refractivity contribution in [2.24, 2.45) is 0 Å². The fraction of sp³-hybridized carbons (Fsp3) is 0.125. The number of nitrogens with one attached hydrogen (secondary N) is 2. The summed E-state index contributed by atoms with van der Waals surface area (Å²) in [5, 5.41) is 0. The van der Waals surface area contributed by atoms with Gasteiger partial charge >= 0.3 is 5.97 Å². The van der Waals surface area contributed by atoms with E-state index in [-0.39, 0.29) is 5.97 Å². The van der Waals surface area contributed by atoms with Crippen LogP contribution >= 0.6 is 11.8 Å². The molecule has 1 aromatic rings. The number of halogens is 1. The van der Waals surface area contributed by atoms with E-state index < -0.39 is 0 Å². The van der Waals surface area contributed by atoms with Gasteiger partial charge in [0.05, 0.1) is 18.4 Å². The van der Waals surface area contributed by atoms with E-state index in [1.165, 1.54) is 7.11 Å². The van der Waals surface area contributed by atoms with Crippen molar-refractivity contribution in [3.05, 3.63) is 29.8 Å². The SMILES string of the molecule is COC(=O)c1cccc(NNCl)c1. The Morgan fingerprint density at radius 2 is 2.31 bits per heavy atom. The van der Waals surface area contributed by atoms with Crippen molar-refractivity contribution in [1.82, 2.24) is 4.94 Å². The van der Waals surface area contributed by atoms with E-state index in [0.29, 0.717) is 11.3 Å². The third kappa shape index (κ3) is 2.61. The highest BCUT2D eigenvalue weighted by Gasteiger charge is 2.04. The van der Waals surface area contributed by atoms with Crippen LogP contribution in [0.1, 0.15) is 10.4 Å². The molecule has 0 spiro atoms. The summed E-state index contributed by atoms with van der Waals surface area (Å²) in [6.45, 7) is 0. The molecule has 0 aromatic heterocycles. The quantitative estimate of drug-likeness (QED) is 0.442. The Hall–Kier alpha value is -1.26. The minimum Gasteiger partial charge on any atom is -0.465 e. The van der Waals surface area contributed by atoms with Crippen molar-refractivity contribution in [3.8, 4) is 0 Å². The second-order valence-corrected chi connectivity index (χ2v) is 2.48. The minimum atomic E-state index is -0.377. The van der Waals surface area contributed by atoms with Gasteiger partial charge < -0.3 is 10.2 Å². The number of hydrogen-bond donors (Lipinski definition) is 2. The van der Waals surface area contributed by atoms with Gasteiger partial charge in [0.15, 0.2) is 0 Å². The van der Waals surface area contributed by atoms with Crippen LogP contribution in [0, 0.1) is 0 Å². The summed E-state index contributed by atoms with van der Waals surface area (Å²) < 4.78 is 4.55. The lowest BCUT2D eigenvalue weighted by Crippen LogP contribution is -2.09. The molecule has 0 radical (unpaired) electrons. The van der Waals surface area contributed by atoms with Crippen LogP contribution in [0.4, 0.5) is 5.69 Å². The lowest BCUT2D eigenvalue weighted by Gasteiger charge is -2.03. The largest absolute Gasteiger partial charge is 0.465 e. The monoisotopic (exact) mass is 200 g/mol. The number of hydrogen-bond acceptors (Lipinski definition) is 4. The molecule has 1 aromatic carbocycles. The lowest BCUT2D eigenvalue weighted by atomic mass is 10.2. The molecule has 4 nitrogen and oxygen atoms in total. The van der Waals surface area contributed by atoms with Crippen LogP contribution < -0.4 is 10.4 Å². The summed E-state index contributed by atoms with van der Waals surface area (Å²) in [7, 11) is 1.34. The number of esters is 1. The zero-order chi connectivity index (χ0) is 9.68. The summed E-state index contributed by atoms with van der Waals surface area (Å²) in [5.41, 5.74) is 3.80. The summed E-state index contributed by atoms with van der Waals surface area (Å²) in [6.07, 6.45) is 0. The highest BCUT2D eigenvalue weighted by molar-refractivity contribution is 6.14. The Kier molecular flexibility index (Phi) is 3.54. The van der Waals surface area contributed by atoms with Crippen LogP contribution in [0.2, 0.25) is 0 Å². The number of carbonyl (C=O) groups is 1. The van der Waals surface area contributed by atoms with E-state index >= 15 is 0 Å². The van der Waals surface area contributed by atoms with Crippen molar-refractivity contribution in [2.75, 3.05) is 12.5 Å². The van der Waals surface area contributed by atoms with E-state index in [2.05, 4.69) is 15.1 Å². The van der Waals surface area contributed by atoms with Crippen LogP contribution in [0.5, 0.6) is 0 Å². The first-order valence-corrected chi connectivity index (χ1v) is 3.95. The Morgan fingerprint density at radius 1 is 1.54 bits per heavy atom. The van der Waals surface area contributed by atoms with E-state index in [0.717, 1.165) is 0 Å². The Bertz CT molecular complexity index is 304. The van der Waals surface area contributed by atoms with Crippen LogP contribution in [0.3, 0.4) is 0 Å². The van der Waals surface area contributed by atoms with Gasteiger partial charge in [0.1, 0.15) is 0 Å². The molecule has 0 atom stereocenters. The molecule has 0 bridgehead atoms. The molecule has 70 valence electrons. The summed E-state index contributed by atoms with van der Waals surface area (Å²) in [6, 6.07) is 6.77. The van der Waals surface area contributed by atoms with E-state index in [1.807, 2.05) is 0 Å². The number of rotatable bonds is 3. The predicted molar refractivity (Wildman–Crippen MR) is 50.4 cm³/mol. The molecule has 0 heterocycles. The molecular formula is C8H9ClN2O2. The van der Waals surface area contributed by atoms with Gasteiger partial charge in [-0.2, -0.15) is 0 Å². The Morgan fingerprint density at radius 3 is 2.92 bits per heavy atom. The molecule has 0 aliphatic heterocycles. The maximum atomic E-state index is 11.1. The van der Waals surface area contributed by atoms with Crippen molar-refractivity contribution in [2.45, 2.75) is 0 Å². The van der Waals surface area contributed by atoms with Crippen LogP contribution in [0.15, 0.2) is 24.3 Å². The summed E-state index contributed by atoms with van der Waals surface area (Å²) in [4.78, 5) is 13.3. The van der Waals surface area contributed by atoms with Gasteiger partial charge in [-0.25, -0.2) is 4.79 Å². The molecule has 0 saturated heterocycles. The normalized spacial score (nSPS) is 9.38. The molecule has 1 rings (SSSR count). The fourth-order valence-corrected chi connectivity index (χ4v) is 1.01. The zero-order valence-electron chi connectivity index (χ0n) is 7.00. The third-order valence-electron chi connectivity index (χ3n) is 1.48. The van der Waals surface area contributed by atoms with Gasteiger partial charge in [-0.1, -0.05) is 6.07 Å². The average Bonchev–Trinajstić information content (AvgIpc) is 2.18. The predicted octanol–water partition coefficient (Wildman–Crippen LogP) is 1.54. The number of anilines is 1. The molecule has 0 unspecified atom stereocenters. The second kappa shape index (κ2) is 4.69. The number of ether oxygens (including phenoxy) is 1. The standard InChI is InChI=1S/C8H9ClN2O2/c1-13-8(12)6-3-2-4-7(5-6)10-11-9/h2-5,10-11H,1H3. The first kappa shape index (κ1) is 9.83. The molecular weight excluding hydrogens is 192 g/mol. The zero-order valence-corrected chi connectivity index (χ0v) is 7.76. The van der Waals surface area contributed by atoms with Crippen LogP contribution in [0.25, 0.3) is 0 Å². The minimum absolute atomic E-state index is 0.377. The third-order valence-corrected chi connectivity index (χ3v) is 1.57. The molecule has 0 amide bonds. The van der Waals surface area contributed by atoms with Crippen molar-refractivity contribution in [3.63, 3.8) is 0 Å². The van der Waals surface area contributed by atoms with Gasteiger partial charge in [-0.15, -0.1) is 4.94 Å². The fourth-order valence-electron chi connectivity index (χ4n) is 0.896. The van der Waals surface area contributed by atoms with Crippen LogP contribution in [-0.2, 0) is 4.74 Å². The van der Waals surface area contributed by atoms with Gasteiger partial charge in [0.25, 0.3) is 0 Å². The molecule has 5 heteroatoms. The first-order chi connectivity index (χ1) is 6.27. The van der Waals surface area contributed by atoms with Gasteiger partial charge in [-0.3, -0.25) is 0 Å². The topological polar surface area (TPSA) is 50.4 Å². The molecule has 0 fully saturated rings. The highest BCUT2D eigenvalue weighted by Crippen LogP contribution is 2.10. The maximum absolute atomic E-state index is 11.1. The average molecular weight is 201 g/mol. The summed E-state index contributed by atoms with van der Waals surface area (Å²) in [5.74, 6) is -0.377. The second-order valence-electron chi connectivity index (χ2n) is 2.29. The van der Waals surface area contributed by atoms with Crippen molar-refractivity contribution in [1.29, 1.82) is 0 Å². The Labute approximate surface area is 80.9 Å². The van der Waals surface area contributed by atoms with Gasteiger partial charge in [0, 0.05) is 0 Å². The van der Waals surface area contributed by atoms with Crippen LogP contribution in [-0.4, -0.2) is 13.1 Å². The number of carbonyl (C=O) groups excluding carboxylic acids is 1. The smallest absolute Gasteiger partial charge is 0.337 e.